The van der Waals surface area contributed by atoms with Gasteiger partial charge in [-0.25, -0.2) is 9.38 Å². The van der Waals surface area contributed by atoms with Crippen LogP contribution in [0.5, 0.6) is 0 Å². The summed E-state index contributed by atoms with van der Waals surface area (Å²) in [5, 5.41) is 1.56. The van der Waals surface area contributed by atoms with Crippen LogP contribution >= 0.6 is 11.8 Å². The Bertz CT molecular complexity index is 574. The lowest BCUT2D eigenvalue weighted by molar-refractivity contribution is -0.0944. The molecule has 0 radical (unpaired) electrons. The van der Waals surface area contributed by atoms with Gasteiger partial charge in [0.15, 0.2) is 5.57 Å². The van der Waals surface area contributed by atoms with Gasteiger partial charge in [0.1, 0.15) is 5.83 Å². The number of hydrogen-bond acceptors (Lipinski definition) is 3. The molecule has 0 fully saturated rings. The molecule has 0 saturated heterocycles. The van der Waals surface area contributed by atoms with Crippen molar-refractivity contribution in [1.29, 1.82) is 0 Å². The Morgan fingerprint density at radius 3 is 2.32 bits per heavy atom. The Balaban J connectivity index is 6.28. The molecule has 142 valence electrons. The molecule has 0 aromatic rings. The van der Waals surface area contributed by atoms with Gasteiger partial charge in [0, 0.05) is 4.91 Å². The molecular formula is C18H25F4NOS. The van der Waals surface area contributed by atoms with Gasteiger partial charge in [-0.3, -0.25) is 0 Å². The van der Waals surface area contributed by atoms with E-state index in [1.807, 2.05) is 19.9 Å². The zero-order chi connectivity index (χ0) is 19.6. The molecule has 0 rings (SSSR count). The van der Waals surface area contributed by atoms with Crippen molar-refractivity contribution in [3.8, 4) is 0 Å². The predicted molar refractivity (Wildman–Crippen MR) is 98.0 cm³/mol. The second-order valence-corrected chi connectivity index (χ2v) is 6.25. The zero-order valence-electron chi connectivity index (χ0n) is 15.2. The molecule has 0 saturated carbocycles. The van der Waals surface area contributed by atoms with Crippen LogP contribution in [0.4, 0.5) is 17.6 Å². The van der Waals surface area contributed by atoms with Crippen molar-refractivity contribution in [3.63, 3.8) is 0 Å². The molecular weight excluding hydrogens is 354 g/mol. The summed E-state index contributed by atoms with van der Waals surface area (Å²) in [7, 11) is 1.04. The lowest BCUT2D eigenvalue weighted by Crippen LogP contribution is -2.16. The number of alkyl halides is 3. The number of aliphatic imine (C=N–C) groups is 1. The van der Waals surface area contributed by atoms with E-state index in [4.69, 9.17) is 4.74 Å². The Morgan fingerprint density at radius 1 is 1.32 bits per heavy atom. The number of halogens is 4. The SMILES string of the molecule is C=CSC(=C\C(C)CC)/C(C)=N/C(OC)=C(\C(F)=C\CC)C(F)(F)F. The summed E-state index contributed by atoms with van der Waals surface area (Å²) in [6.45, 7) is 10.7. The zero-order valence-corrected chi connectivity index (χ0v) is 16.0. The minimum absolute atomic E-state index is 0.122. The Morgan fingerprint density at radius 2 is 1.92 bits per heavy atom. The number of hydrogen-bond donors (Lipinski definition) is 0. The molecule has 0 aromatic heterocycles. The second-order valence-electron chi connectivity index (χ2n) is 5.24. The minimum atomic E-state index is -4.92. The van der Waals surface area contributed by atoms with Crippen molar-refractivity contribution in [2.75, 3.05) is 7.11 Å². The summed E-state index contributed by atoms with van der Waals surface area (Å²) in [5.41, 5.74) is -1.21. The Kier molecular flexibility index (Phi) is 10.5. The summed E-state index contributed by atoms with van der Waals surface area (Å²) in [6, 6.07) is 0. The largest absolute Gasteiger partial charge is 0.480 e. The summed E-state index contributed by atoms with van der Waals surface area (Å²) < 4.78 is 58.5. The topological polar surface area (TPSA) is 21.6 Å². The van der Waals surface area contributed by atoms with Crippen LogP contribution in [-0.2, 0) is 4.74 Å². The van der Waals surface area contributed by atoms with Crippen LogP contribution in [0.2, 0.25) is 0 Å². The van der Waals surface area contributed by atoms with Crippen LogP contribution in [0.3, 0.4) is 0 Å². The van der Waals surface area contributed by atoms with Crippen molar-refractivity contribution < 1.29 is 22.3 Å². The van der Waals surface area contributed by atoms with Crippen molar-refractivity contribution >= 4 is 17.5 Å². The number of thioether (sulfide) groups is 1. The van der Waals surface area contributed by atoms with E-state index in [2.05, 4.69) is 11.6 Å². The van der Waals surface area contributed by atoms with Gasteiger partial charge in [0.25, 0.3) is 0 Å². The van der Waals surface area contributed by atoms with Crippen LogP contribution < -0.4 is 0 Å². The maximum atomic E-state index is 14.0. The molecule has 0 aliphatic carbocycles. The lowest BCUT2D eigenvalue weighted by Gasteiger charge is -2.14. The van der Waals surface area contributed by atoms with Crippen molar-refractivity contribution in [2.45, 2.75) is 46.7 Å². The van der Waals surface area contributed by atoms with Crippen molar-refractivity contribution in [2.24, 2.45) is 10.9 Å². The molecule has 0 heterocycles. The number of rotatable bonds is 9. The summed E-state index contributed by atoms with van der Waals surface area (Å²) in [6.07, 6.45) is -1.19. The van der Waals surface area contributed by atoms with E-state index >= 15 is 0 Å². The Hall–Kier alpha value is -1.50. The van der Waals surface area contributed by atoms with Gasteiger partial charge in [0.2, 0.25) is 5.88 Å². The molecule has 2 nitrogen and oxygen atoms in total. The Labute approximate surface area is 151 Å². The van der Waals surface area contributed by atoms with Gasteiger partial charge in [0.05, 0.1) is 12.8 Å². The maximum Gasteiger partial charge on any atom is 0.424 e. The van der Waals surface area contributed by atoms with Gasteiger partial charge in [-0.05, 0) is 30.7 Å². The third kappa shape index (κ3) is 7.94. The first-order valence-electron chi connectivity index (χ1n) is 7.88. The molecule has 0 N–H and O–H groups in total. The lowest BCUT2D eigenvalue weighted by atomic mass is 10.1. The normalized spacial score (nSPS) is 16.4. The van der Waals surface area contributed by atoms with Gasteiger partial charge in [-0.2, -0.15) is 13.2 Å². The fourth-order valence-electron chi connectivity index (χ4n) is 1.76. The molecule has 0 bridgehead atoms. The standard InChI is InChI=1S/C18H25F4NOS/c1-7-10-14(19)16(18(20,21)22)17(24-6)23-13(5)15(25-9-3)11-12(4)8-2/h9-12H,3,7-8H2,1-2,4-6H3/b14-10-,15-11-,17-16-,23-13+. The number of allylic oxidation sites excluding steroid dienone is 5. The van der Waals surface area contributed by atoms with E-state index in [1.165, 1.54) is 11.8 Å². The highest BCUT2D eigenvalue weighted by atomic mass is 32.2. The third-order valence-corrected chi connectivity index (χ3v) is 4.08. The molecule has 0 aromatic carbocycles. The monoisotopic (exact) mass is 379 g/mol. The minimum Gasteiger partial charge on any atom is -0.480 e. The van der Waals surface area contributed by atoms with E-state index < -0.39 is 23.5 Å². The highest BCUT2D eigenvalue weighted by Gasteiger charge is 2.40. The van der Waals surface area contributed by atoms with E-state index in [0.717, 1.165) is 19.6 Å². The molecule has 0 aliphatic heterocycles. The first-order valence-corrected chi connectivity index (χ1v) is 8.76. The molecule has 0 spiro atoms. The van der Waals surface area contributed by atoms with Crippen LogP contribution in [0, 0.1) is 5.92 Å². The molecule has 25 heavy (non-hydrogen) atoms. The number of methoxy groups -OCH3 is 1. The molecule has 0 amide bonds. The van der Waals surface area contributed by atoms with Gasteiger partial charge < -0.3 is 4.74 Å². The van der Waals surface area contributed by atoms with E-state index in [1.54, 1.807) is 19.3 Å². The van der Waals surface area contributed by atoms with Gasteiger partial charge >= 0.3 is 6.18 Å². The smallest absolute Gasteiger partial charge is 0.424 e. The van der Waals surface area contributed by atoms with Gasteiger partial charge in [-0.1, -0.05) is 51.6 Å². The quantitative estimate of drug-likeness (QED) is 0.187. The summed E-state index contributed by atoms with van der Waals surface area (Å²) in [5.74, 6) is -1.99. The maximum absolute atomic E-state index is 14.0. The molecule has 0 aliphatic rings. The highest BCUT2D eigenvalue weighted by Crippen LogP contribution is 2.36. The van der Waals surface area contributed by atoms with E-state index in [-0.39, 0.29) is 12.3 Å². The number of nitrogens with zero attached hydrogens (tertiary/aromatic N) is 1. The second kappa shape index (κ2) is 11.2. The van der Waals surface area contributed by atoms with Crippen LogP contribution in [0.15, 0.2) is 51.3 Å². The average molecular weight is 379 g/mol. The summed E-state index contributed by atoms with van der Waals surface area (Å²) in [4.78, 5) is 4.56. The molecule has 1 unspecified atom stereocenters. The average Bonchev–Trinajstić information content (AvgIpc) is 2.52. The van der Waals surface area contributed by atoms with E-state index in [9.17, 15) is 17.6 Å². The number of ether oxygens (including phenoxy) is 1. The fourth-order valence-corrected chi connectivity index (χ4v) is 2.47. The fraction of sp³-hybridized carbons (Fsp3) is 0.500. The molecule has 1 atom stereocenters. The van der Waals surface area contributed by atoms with Crippen LogP contribution in [0.1, 0.15) is 40.5 Å². The third-order valence-electron chi connectivity index (χ3n) is 3.23. The highest BCUT2D eigenvalue weighted by molar-refractivity contribution is 8.06. The van der Waals surface area contributed by atoms with Crippen molar-refractivity contribution in [3.05, 3.63) is 46.3 Å². The van der Waals surface area contributed by atoms with Gasteiger partial charge in [-0.15, -0.1) is 0 Å². The first-order chi connectivity index (χ1) is 11.6. The summed E-state index contributed by atoms with van der Waals surface area (Å²) >= 11 is 1.24. The predicted octanol–water partition coefficient (Wildman–Crippen LogP) is 6.94. The molecule has 7 heteroatoms. The van der Waals surface area contributed by atoms with Crippen LogP contribution in [0.25, 0.3) is 0 Å². The first kappa shape index (κ1) is 23.5. The van der Waals surface area contributed by atoms with Crippen LogP contribution in [-0.4, -0.2) is 19.0 Å². The van der Waals surface area contributed by atoms with Crippen molar-refractivity contribution in [1.82, 2.24) is 0 Å². The van der Waals surface area contributed by atoms with E-state index in [0.29, 0.717) is 10.6 Å².